The predicted molar refractivity (Wildman–Crippen MR) is 84.6 cm³/mol. The summed E-state index contributed by atoms with van der Waals surface area (Å²) in [6.45, 7) is 7.42. The topological polar surface area (TPSA) is 12.0 Å². The molecular formula is C19H33N. The minimum Gasteiger partial charge on any atom is -0.311 e. The van der Waals surface area contributed by atoms with Crippen LogP contribution in [-0.4, -0.2) is 12.1 Å². The zero-order valence-electron chi connectivity index (χ0n) is 13.7. The molecule has 0 amide bonds. The van der Waals surface area contributed by atoms with Crippen molar-refractivity contribution in [1.29, 1.82) is 0 Å². The summed E-state index contributed by atoms with van der Waals surface area (Å²) in [7, 11) is 0. The first-order chi connectivity index (χ1) is 9.52. The Hall–Kier alpha value is -0.0400. The SMILES string of the molecule is CC1CC(NC2CC3CC2C2CCCC32)CC(C)(C)C1. The number of hydrogen-bond acceptors (Lipinski definition) is 1. The van der Waals surface area contributed by atoms with Gasteiger partial charge in [-0.15, -0.1) is 0 Å². The maximum atomic E-state index is 4.15. The van der Waals surface area contributed by atoms with Gasteiger partial charge in [0.05, 0.1) is 0 Å². The first kappa shape index (κ1) is 13.6. The second-order valence-corrected chi connectivity index (χ2v) is 9.54. The van der Waals surface area contributed by atoms with E-state index in [1.165, 1.54) is 32.1 Å². The van der Waals surface area contributed by atoms with Crippen LogP contribution < -0.4 is 5.32 Å². The Morgan fingerprint density at radius 1 is 0.900 bits per heavy atom. The number of nitrogens with one attached hydrogen (secondary N) is 1. The number of fused-ring (bicyclic) bond motifs is 5. The van der Waals surface area contributed by atoms with Gasteiger partial charge in [0.2, 0.25) is 0 Å². The highest BCUT2D eigenvalue weighted by Crippen LogP contribution is 2.59. The van der Waals surface area contributed by atoms with E-state index in [2.05, 4.69) is 26.1 Å². The Balaban J connectivity index is 1.41. The van der Waals surface area contributed by atoms with Crippen LogP contribution in [0.25, 0.3) is 0 Å². The van der Waals surface area contributed by atoms with E-state index in [1.54, 1.807) is 19.3 Å². The van der Waals surface area contributed by atoms with Gasteiger partial charge in [-0.3, -0.25) is 0 Å². The molecule has 0 aromatic rings. The van der Waals surface area contributed by atoms with Crippen LogP contribution in [0.15, 0.2) is 0 Å². The van der Waals surface area contributed by atoms with Crippen molar-refractivity contribution >= 4 is 0 Å². The van der Waals surface area contributed by atoms with Gasteiger partial charge in [-0.05, 0) is 80.0 Å². The molecule has 0 aliphatic heterocycles. The van der Waals surface area contributed by atoms with Gasteiger partial charge in [0, 0.05) is 12.1 Å². The molecule has 0 spiro atoms. The quantitative estimate of drug-likeness (QED) is 0.775. The highest BCUT2D eigenvalue weighted by molar-refractivity contribution is 5.06. The fourth-order valence-electron chi connectivity index (χ4n) is 7.04. The van der Waals surface area contributed by atoms with Gasteiger partial charge in [-0.2, -0.15) is 0 Å². The van der Waals surface area contributed by atoms with Gasteiger partial charge >= 0.3 is 0 Å². The second kappa shape index (κ2) is 4.73. The highest BCUT2D eigenvalue weighted by Gasteiger charge is 2.54. The van der Waals surface area contributed by atoms with Gasteiger partial charge in [0.25, 0.3) is 0 Å². The lowest BCUT2D eigenvalue weighted by atomic mass is 9.70. The van der Waals surface area contributed by atoms with E-state index in [1.807, 2.05) is 0 Å². The van der Waals surface area contributed by atoms with Crippen molar-refractivity contribution in [3.63, 3.8) is 0 Å². The molecule has 4 aliphatic rings. The molecule has 0 aromatic carbocycles. The van der Waals surface area contributed by atoms with Crippen molar-refractivity contribution in [3.05, 3.63) is 0 Å². The summed E-state index contributed by atoms with van der Waals surface area (Å²) < 4.78 is 0. The van der Waals surface area contributed by atoms with Gasteiger partial charge in [0.15, 0.2) is 0 Å². The van der Waals surface area contributed by atoms with Crippen LogP contribution in [0.3, 0.4) is 0 Å². The lowest BCUT2D eigenvalue weighted by molar-refractivity contribution is 0.122. The molecule has 4 rings (SSSR count). The maximum Gasteiger partial charge on any atom is 0.0103 e. The summed E-state index contributed by atoms with van der Waals surface area (Å²) in [5.74, 6) is 5.31. The Morgan fingerprint density at radius 3 is 2.50 bits per heavy atom. The molecule has 1 heteroatoms. The van der Waals surface area contributed by atoms with Crippen molar-refractivity contribution in [3.8, 4) is 0 Å². The van der Waals surface area contributed by atoms with Crippen LogP contribution in [-0.2, 0) is 0 Å². The molecule has 7 atom stereocenters. The average molecular weight is 275 g/mol. The molecule has 4 fully saturated rings. The first-order valence-electron chi connectivity index (χ1n) is 9.28. The average Bonchev–Trinajstić information content (AvgIpc) is 2.95. The van der Waals surface area contributed by atoms with Crippen LogP contribution in [0.2, 0.25) is 0 Å². The largest absolute Gasteiger partial charge is 0.311 e. The van der Waals surface area contributed by atoms with E-state index < -0.39 is 0 Å². The van der Waals surface area contributed by atoms with Crippen LogP contribution in [0, 0.1) is 35.0 Å². The lowest BCUT2D eigenvalue weighted by Gasteiger charge is -2.42. The fourth-order valence-corrected chi connectivity index (χ4v) is 7.04. The van der Waals surface area contributed by atoms with Crippen LogP contribution >= 0.6 is 0 Å². The van der Waals surface area contributed by atoms with Gasteiger partial charge < -0.3 is 5.32 Å². The minimum absolute atomic E-state index is 0.558. The van der Waals surface area contributed by atoms with Gasteiger partial charge in [-0.25, -0.2) is 0 Å². The fraction of sp³-hybridized carbons (Fsp3) is 1.00. The Morgan fingerprint density at radius 2 is 1.70 bits per heavy atom. The molecule has 2 bridgehead atoms. The molecule has 0 saturated heterocycles. The molecular weight excluding hydrogens is 242 g/mol. The third kappa shape index (κ3) is 2.25. The van der Waals surface area contributed by atoms with Gasteiger partial charge in [-0.1, -0.05) is 27.2 Å². The lowest BCUT2D eigenvalue weighted by Crippen LogP contribution is -2.48. The summed E-state index contributed by atoms with van der Waals surface area (Å²) in [5, 5.41) is 4.15. The van der Waals surface area contributed by atoms with Crippen molar-refractivity contribution in [2.24, 2.45) is 35.0 Å². The van der Waals surface area contributed by atoms with E-state index >= 15 is 0 Å². The smallest absolute Gasteiger partial charge is 0.0103 e. The summed E-state index contributed by atoms with van der Waals surface area (Å²) in [5.41, 5.74) is 0.558. The monoisotopic (exact) mass is 275 g/mol. The van der Waals surface area contributed by atoms with E-state index in [-0.39, 0.29) is 0 Å². The number of rotatable bonds is 2. The van der Waals surface area contributed by atoms with Gasteiger partial charge in [0.1, 0.15) is 0 Å². The summed E-state index contributed by atoms with van der Waals surface area (Å²) >= 11 is 0. The van der Waals surface area contributed by atoms with Crippen LogP contribution in [0.4, 0.5) is 0 Å². The first-order valence-corrected chi connectivity index (χ1v) is 9.28. The zero-order chi connectivity index (χ0) is 13.9. The molecule has 0 radical (unpaired) electrons. The highest BCUT2D eigenvalue weighted by atomic mass is 15.0. The maximum absolute atomic E-state index is 4.15. The normalized spacial score (nSPS) is 53.2. The third-order valence-electron chi connectivity index (χ3n) is 7.27. The van der Waals surface area contributed by atoms with Crippen LogP contribution in [0.5, 0.6) is 0 Å². The number of hydrogen-bond donors (Lipinski definition) is 1. The minimum atomic E-state index is 0.558. The molecule has 7 unspecified atom stereocenters. The van der Waals surface area contributed by atoms with Crippen LogP contribution in [0.1, 0.15) is 72.1 Å². The zero-order valence-corrected chi connectivity index (χ0v) is 13.7. The molecule has 4 aliphatic carbocycles. The predicted octanol–water partition coefficient (Wildman–Crippen LogP) is 4.62. The Bertz CT molecular complexity index is 374. The molecule has 20 heavy (non-hydrogen) atoms. The van der Waals surface area contributed by atoms with E-state index in [4.69, 9.17) is 0 Å². The molecule has 1 nitrogen and oxygen atoms in total. The van der Waals surface area contributed by atoms with Crippen molar-refractivity contribution in [2.45, 2.75) is 84.2 Å². The van der Waals surface area contributed by atoms with E-state index in [9.17, 15) is 0 Å². The molecule has 114 valence electrons. The van der Waals surface area contributed by atoms with E-state index in [0.717, 1.165) is 41.7 Å². The second-order valence-electron chi connectivity index (χ2n) is 9.54. The Kier molecular flexibility index (Phi) is 3.22. The Labute approximate surface area is 125 Å². The molecule has 1 N–H and O–H groups in total. The summed E-state index contributed by atoms with van der Waals surface area (Å²) in [6, 6.07) is 1.68. The standard InChI is InChI=1S/C19H33N/c1-12-7-14(11-19(2,3)10-12)20-18-9-13-8-17(18)16-6-4-5-15(13)16/h12-18,20H,4-11H2,1-3H3. The van der Waals surface area contributed by atoms with Crippen molar-refractivity contribution < 1.29 is 0 Å². The molecule has 4 saturated carbocycles. The van der Waals surface area contributed by atoms with E-state index in [0.29, 0.717) is 5.41 Å². The van der Waals surface area contributed by atoms with Crippen molar-refractivity contribution in [1.82, 2.24) is 5.32 Å². The molecule has 0 aromatic heterocycles. The summed E-state index contributed by atoms with van der Waals surface area (Å²) in [6.07, 6.45) is 12.0. The molecule has 0 heterocycles. The summed E-state index contributed by atoms with van der Waals surface area (Å²) in [4.78, 5) is 0. The third-order valence-corrected chi connectivity index (χ3v) is 7.27. The van der Waals surface area contributed by atoms with Crippen molar-refractivity contribution in [2.75, 3.05) is 0 Å².